The van der Waals surface area contributed by atoms with Gasteiger partial charge in [0, 0.05) is 13.1 Å². The minimum absolute atomic E-state index is 0.00378. The molecule has 0 aliphatic carbocycles. The maximum Gasteiger partial charge on any atom is 0.335 e. The van der Waals surface area contributed by atoms with Crippen LogP contribution in [0.1, 0.15) is 10.4 Å². The zero-order valence-corrected chi connectivity index (χ0v) is 12.4. The van der Waals surface area contributed by atoms with E-state index in [9.17, 15) is 18.0 Å². The van der Waals surface area contributed by atoms with Crippen molar-refractivity contribution in [3.05, 3.63) is 28.8 Å². The zero-order chi connectivity index (χ0) is 15.6. The monoisotopic (exact) mass is 332 g/mol. The van der Waals surface area contributed by atoms with Gasteiger partial charge < -0.3 is 15.3 Å². The molecule has 1 heterocycles. The summed E-state index contributed by atoms with van der Waals surface area (Å²) in [6, 6.07) is 3.45. The van der Waals surface area contributed by atoms with Crippen LogP contribution in [0.25, 0.3) is 0 Å². The van der Waals surface area contributed by atoms with Crippen molar-refractivity contribution in [1.29, 1.82) is 0 Å². The number of hydrogen-bond acceptors (Lipinski definition) is 4. The summed E-state index contributed by atoms with van der Waals surface area (Å²) in [5.74, 6) is -1.29. The average Bonchev–Trinajstić information content (AvgIpc) is 2.40. The number of amides is 2. The summed E-state index contributed by atoms with van der Waals surface area (Å²) in [6.45, 7) is 0.203. The van der Waals surface area contributed by atoms with E-state index in [4.69, 9.17) is 16.7 Å². The Morgan fingerprint density at radius 1 is 1.24 bits per heavy atom. The van der Waals surface area contributed by atoms with Gasteiger partial charge in [-0.3, -0.25) is 0 Å². The Morgan fingerprint density at radius 3 is 2.43 bits per heavy atom. The van der Waals surface area contributed by atoms with Gasteiger partial charge in [-0.1, -0.05) is 11.6 Å². The fraction of sp³-hybridized carbons (Fsp3) is 0.333. The van der Waals surface area contributed by atoms with E-state index >= 15 is 0 Å². The van der Waals surface area contributed by atoms with Gasteiger partial charge in [-0.25, -0.2) is 18.0 Å². The summed E-state index contributed by atoms with van der Waals surface area (Å²) in [5.41, 5.74) is 0.172. The third-order valence-electron chi connectivity index (χ3n) is 3.09. The van der Waals surface area contributed by atoms with Crippen LogP contribution < -0.4 is 5.32 Å². The molecule has 2 rings (SSSR count). The lowest BCUT2D eigenvalue weighted by Gasteiger charge is -2.27. The largest absolute Gasteiger partial charge is 0.478 e. The fourth-order valence-corrected chi connectivity index (χ4v) is 3.23. The highest BCUT2D eigenvalue weighted by Gasteiger charge is 2.25. The summed E-state index contributed by atoms with van der Waals surface area (Å²) >= 11 is 5.91. The summed E-state index contributed by atoms with van der Waals surface area (Å²) in [7, 11) is -3.07. The molecule has 9 heteroatoms. The van der Waals surface area contributed by atoms with Gasteiger partial charge in [0.1, 0.15) is 0 Å². The van der Waals surface area contributed by atoms with E-state index in [0.717, 1.165) is 0 Å². The highest BCUT2D eigenvalue weighted by atomic mass is 35.5. The fourth-order valence-electron chi connectivity index (χ4n) is 1.86. The van der Waals surface area contributed by atoms with Gasteiger partial charge >= 0.3 is 12.0 Å². The second-order valence-electron chi connectivity index (χ2n) is 4.57. The first-order valence-corrected chi connectivity index (χ1v) is 8.27. The molecule has 2 amide bonds. The molecule has 21 heavy (non-hydrogen) atoms. The van der Waals surface area contributed by atoms with Crippen molar-refractivity contribution in [3.8, 4) is 0 Å². The molecule has 1 aromatic rings. The lowest BCUT2D eigenvalue weighted by molar-refractivity contribution is 0.0697. The minimum atomic E-state index is -3.07. The number of sulfone groups is 1. The number of aromatic carboxylic acids is 1. The standard InChI is InChI=1S/C12H13ClN2O5S/c13-9-2-1-8(11(16)17)7-10(9)14-12(18)15-3-5-21(19,20)6-4-15/h1-2,7H,3-6H2,(H,14,18)(H,16,17). The molecule has 1 aromatic carbocycles. The maximum atomic E-state index is 12.0. The number of carboxylic acid groups (broad SMARTS) is 1. The van der Waals surface area contributed by atoms with E-state index in [-0.39, 0.29) is 40.9 Å². The number of carbonyl (C=O) groups is 2. The van der Waals surface area contributed by atoms with E-state index in [0.29, 0.717) is 0 Å². The van der Waals surface area contributed by atoms with E-state index in [1.807, 2.05) is 0 Å². The van der Waals surface area contributed by atoms with Crippen LogP contribution in [0, 0.1) is 0 Å². The van der Waals surface area contributed by atoms with Gasteiger partial charge in [0.05, 0.1) is 27.8 Å². The average molecular weight is 333 g/mol. The maximum absolute atomic E-state index is 12.0. The number of benzene rings is 1. The normalized spacial score (nSPS) is 17.3. The van der Waals surface area contributed by atoms with Gasteiger partial charge in [-0.15, -0.1) is 0 Å². The molecule has 0 atom stereocenters. The number of rotatable bonds is 2. The van der Waals surface area contributed by atoms with Gasteiger partial charge in [0.15, 0.2) is 9.84 Å². The number of anilines is 1. The topological polar surface area (TPSA) is 104 Å². The van der Waals surface area contributed by atoms with Crippen molar-refractivity contribution in [2.45, 2.75) is 0 Å². The van der Waals surface area contributed by atoms with Crippen LogP contribution >= 0.6 is 11.6 Å². The Morgan fingerprint density at radius 2 is 1.86 bits per heavy atom. The molecule has 0 aromatic heterocycles. The Labute approximate surface area is 126 Å². The molecule has 0 spiro atoms. The number of hydrogen-bond donors (Lipinski definition) is 2. The molecule has 1 aliphatic rings. The molecule has 7 nitrogen and oxygen atoms in total. The van der Waals surface area contributed by atoms with Crippen LogP contribution in [0.15, 0.2) is 18.2 Å². The highest BCUT2D eigenvalue weighted by Crippen LogP contribution is 2.23. The van der Waals surface area contributed by atoms with Crippen molar-refractivity contribution in [2.24, 2.45) is 0 Å². The van der Waals surface area contributed by atoms with Crippen LogP contribution in [-0.2, 0) is 9.84 Å². The van der Waals surface area contributed by atoms with Gasteiger partial charge in [0.2, 0.25) is 0 Å². The Kier molecular flexibility index (Phi) is 4.38. The van der Waals surface area contributed by atoms with Gasteiger partial charge in [-0.05, 0) is 18.2 Å². The van der Waals surface area contributed by atoms with E-state index < -0.39 is 21.8 Å². The van der Waals surface area contributed by atoms with Crippen LogP contribution in [-0.4, -0.2) is 55.0 Å². The van der Waals surface area contributed by atoms with Gasteiger partial charge in [-0.2, -0.15) is 0 Å². The van der Waals surface area contributed by atoms with Crippen LogP contribution in [0.4, 0.5) is 10.5 Å². The number of nitrogens with zero attached hydrogens (tertiary/aromatic N) is 1. The number of carboxylic acids is 1. The predicted octanol–water partition coefficient (Wildman–Crippen LogP) is 1.30. The van der Waals surface area contributed by atoms with Crippen molar-refractivity contribution >= 4 is 39.1 Å². The third-order valence-corrected chi connectivity index (χ3v) is 5.03. The van der Waals surface area contributed by atoms with Gasteiger partial charge in [0.25, 0.3) is 0 Å². The molecular weight excluding hydrogens is 320 g/mol. The Bertz CT molecular complexity index is 675. The SMILES string of the molecule is O=C(O)c1ccc(Cl)c(NC(=O)N2CCS(=O)(=O)CC2)c1. The second-order valence-corrected chi connectivity index (χ2v) is 7.28. The first-order valence-electron chi connectivity index (χ1n) is 6.08. The third kappa shape index (κ3) is 3.85. The minimum Gasteiger partial charge on any atom is -0.478 e. The molecular formula is C12H13ClN2O5S. The van der Waals surface area contributed by atoms with E-state index in [1.165, 1.54) is 23.1 Å². The molecule has 2 N–H and O–H groups in total. The molecule has 0 unspecified atom stereocenters. The van der Waals surface area contributed by atoms with Crippen LogP contribution in [0.5, 0.6) is 0 Å². The highest BCUT2D eigenvalue weighted by molar-refractivity contribution is 7.91. The number of carbonyl (C=O) groups excluding carboxylic acids is 1. The molecule has 114 valence electrons. The number of urea groups is 1. The first kappa shape index (κ1) is 15.6. The molecule has 0 bridgehead atoms. The lowest BCUT2D eigenvalue weighted by Crippen LogP contribution is -2.45. The smallest absolute Gasteiger partial charge is 0.335 e. The van der Waals surface area contributed by atoms with Crippen LogP contribution in [0.2, 0.25) is 5.02 Å². The quantitative estimate of drug-likeness (QED) is 0.849. The molecule has 0 saturated carbocycles. The van der Waals surface area contributed by atoms with E-state index in [1.54, 1.807) is 0 Å². The second kappa shape index (κ2) is 5.90. The molecule has 1 fully saturated rings. The lowest BCUT2D eigenvalue weighted by atomic mass is 10.2. The summed E-state index contributed by atoms with van der Waals surface area (Å²) in [4.78, 5) is 24.3. The first-order chi connectivity index (χ1) is 9.78. The van der Waals surface area contributed by atoms with Crippen molar-refractivity contribution in [2.75, 3.05) is 29.9 Å². The van der Waals surface area contributed by atoms with Crippen molar-refractivity contribution in [1.82, 2.24) is 4.90 Å². The van der Waals surface area contributed by atoms with Crippen molar-refractivity contribution in [3.63, 3.8) is 0 Å². The summed E-state index contributed by atoms with van der Waals surface area (Å²) in [6.07, 6.45) is 0. The number of nitrogens with one attached hydrogen (secondary N) is 1. The van der Waals surface area contributed by atoms with E-state index in [2.05, 4.69) is 5.32 Å². The molecule has 1 aliphatic heterocycles. The predicted molar refractivity (Wildman–Crippen MR) is 77.7 cm³/mol. The van der Waals surface area contributed by atoms with Crippen molar-refractivity contribution < 1.29 is 23.1 Å². The Hall–Kier alpha value is -1.80. The molecule has 0 radical (unpaired) electrons. The summed E-state index contributed by atoms with van der Waals surface area (Å²) in [5, 5.41) is 11.6. The summed E-state index contributed by atoms with van der Waals surface area (Å²) < 4.78 is 22.6. The molecule has 1 saturated heterocycles. The van der Waals surface area contributed by atoms with Crippen LogP contribution in [0.3, 0.4) is 0 Å². The Balaban J connectivity index is 2.09. The zero-order valence-electron chi connectivity index (χ0n) is 10.9. The number of halogens is 1.